The molecule has 1 aliphatic rings. The fourth-order valence-corrected chi connectivity index (χ4v) is 10.4. The topological polar surface area (TPSA) is 35.2 Å². The van der Waals surface area contributed by atoms with E-state index in [4.69, 9.17) is 9.72 Å². The van der Waals surface area contributed by atoms with Crippen LogP contribution in [-0.2, 0) is 17.5 Å². The number of hydrogen-bond donors (Lipinski definition) is 0. The molecule has 11 aromatic rings. The Morgan fingerprint density at radius 2 is 1.03 bits per heavy atom. The van der Waals surface area contributed by atoms with Gasteiger partial charge in [-0.1, -0.05) is 169 Å². The summed E-state index contributed by atoms with van der Waals surface area (Å²) in [5, 5.41) is 9.64. The molecule has 0 bridgehead atoms. The molecule has 5 heteroatoms. The first-order valence-corrected chi connectivity index (χ1v) is 23.4. The average Bonchev–Trinajstić information content (AvgIpc) is 3.90. The summed E-state index contributed by atoms with van der Waals surface area (Å²) >= 11 is 0. The third-order valence-corrected chi connectivity index (χ3v) is 13.8. The zero-order valence-corrected chi connectivity index (χ0v) is 38.9. The van der Waals surface area contributed by atoms with Gasteiger partial charge in [0.05, 0.1) is 27.8 Å². The van der Waals surface area contributed by atoms with Crippen LogP contribution in [0.5, 0.6) is 11.5 Å². The Balaban J connectivity index is 1.04. The van der Waals surface area contributed by atoms with Gasteiger partial charge in [0.25, 0.3) is 0 Å². The number of hydrogen-bond acceptors (Lipinski definition) is 3. The zero-order valence-electron chi connectivity index (χ0n) is 38.9. The van der Waals surface area contributed by atoms with E-state index in [2.05, 4.69) is 244 Å². The molecule has 0 spiro atoms. The van der Waals surface area contributed by atoms with Crippen molar-refractivity contribution < 1.29 is 4.74 Å². The first-order valence-electron chi connectivity index (χ1n) is 23.4. The second-order valence-corrected chi connectivity index (χ2v) is 20.1. The lowest BCUT2D eigenvalue weighted by atomic mass is 9.85. The zero-order chi connectivity index (χ0) is 45.6. The fraction of sp³-hybridized carbons (Fsp3) is 0.145. The molecule has 67 heavy (non-hydrogen) atoms. The van der Waals surface area contributed by atoms with E-state index in [9.17, 15) is 0 Å². The number of pyridine rings is 1. The summed E-state index contributed by atoms with van der Waals surface area (Å²) in [4.78, 5) is 7.36. The van der Waals surface area contributed by atoms with Crippen molar-refractivity contribution in [3.8, 4) is 28.4 Å². The SMILES string of the molecule is CC(C)(C)c1cccc(-c2cccc3c4ccccc4c4ccccc4c4cccc5c4n(c23)CN5c2cccc(Oc3ccc4c5ccccc5n(-c5cc(C(C)(C)C)ccn5)c4c3)c2)c1. The standard InChI is InChI=1S/C62H52N4O/c1-61(2,3)41-18-13-17-40(35-41)46-26-15-27-53-49-23-9-7-21-47(49)48-22-8-10-24-50(48)54-28-16-30-56-60(54)65(59(46)53)39-64(56)43-19-14-20-44(37-43)67-45-31-32-52-51-25-11-12-29-55(51)66(57(52)38-45)58-36-42(33-34-63-58)62(4,5)6/h7-38H,39H2,1-6H3. The van der Waals surface area contributed by atoms with Crippen molar-refractivity contribution in [1.82, 2.24) is 14.1 Å². The van der Waals surface area contributed by atoms with Crippen LogP contribution in [0.3, 0.4) is 0 Å². The van der Waals surface area contributed by atoms with Gasteiger partial charge in [0.15, 0.2) is 0 Å². The predicted molar refractivity (Wildman–Crippen MR) is 282 cm³/mol. The highest BCUT2D eigenvalue weighted by molar-refractivity contribution is 6.22. The minimum absolute atomic E-state index is 0.00166. The highest BCUT2D eigenvalue weighted by Crippen LogP contribution is 2.45. The Hall–Kier alpha value is -7.89. The molecule has 8 aromatic carbocycles. The maximum absolute atomic E-state index is 6.87. The highest BCUT2D eigenvalue weighted by Gasteiger charge is 2.26. The molecule has 0 radical (unpaired) electrons. The maximum atomic E-state index is 6.87. The van der Waals surface area contributed by atoms with E-state index in [1.807, 2.05) is 6.20 Å². The normalized spacial score (nSPS) is 12.8. The summed E-state index contributed by atoms with van der Waals surface area (Å²) in [7, 11) is 0. The fourth-order valence-electron chi connectivity index (χ4n) is 10.4. The van der Waals surface area contributed by atoms with Crippen LogP contribution < -0.4 is 9.64 Å². The Morgan fingerprint density at radius 3 is 1.76 bits per heavy atom. The number of aromatic nitrogens is 3. The minimum atomic E-state index is -0.0146. The first-order chi connectivity index (χ1) is 32.5. The first kappa shape index (κ1) is 40.6. The quantitative estimate of drug-likeness (QED) is 0.173. The summed E-state index contributed by atoms with van der Waals surface area (Å²) in [5.74, 6) is 2.43. The molecule has 0 saturated carbocycles. The van der Waals surface area contributed by atoms with Gasteiger partial charge >= 0.3 is 0 Å². The van der Waals surface area contributed by atoms with Crippen LogP contribution in [0, 0.1) is 0 Å². The predicted octanol–water partition coefficient (Wildman–Crippen LogP) is 16.9. The largest absolute Gasteiger partial charge is 0.457 e. The minimum Gasteiger partial charge on any atom is -0.457 e. The van der Waals surface area contributed by atoms with E-state index in [-0.39, 0.29) is 10.8 Å². The van der Waals surface area contributed by atoms with Crippen LogP contribution in [0.4, 0.5) is 11.4 Å². The van der Waals surface area contributed by atoms with Gasteiger partial charge in [-0.3, -0.25) is 4.57 Å². The molecule has 0 amide bonds. The lowest BCUT2D eigenvalue weighted by molar-refractivity contribution is 0.483. The summed E-state index contributed by atoms with van der Waals surface area (Å²) < 4.78 is 11.7. The Labute approximate surface area is 391 Å². The van der Waals surface area contributed by atoms with E-state index < -0.39 is 0 Å². The lowest BCUT2D eigenvalue weighted by Gasteiger charge is -2.22. The molecule has 3 aromatic heterocycles. The van der Waals surface area contributed by atoms with Crippen molar-refractivity contribution in [3.05, 3.63) is 205 Å². The van der Waals surface area contributed by atoms with Crippen LogP contribution in [0.2, 0.25) is 0 Å². The smallest absolute Gasteiger partial charge is 0.137 e. The molecule has 0 fully saturated rings. The van der Waals surface area contributed by atoms with Gasteiger partial charge in [-0.15, -0.1) is 0 Å². The summed E-state index contributed by atoms with van der Waals surface area (Å²) in [6.45, 7) is 14.2. The molecule has 12 rings (SSSR count). The Kier molecular flexibility index (Phi) is 9.30. The Morgan fingerprint density at radius 1 is 0.448 bits per heavy atom. The van der Waals surface area contributed by atoms with Gasteiger partial charge in [-0.25, -0.2) is 4.98 Å². The number of rotatable bonds is 5. The van der Waals surface area contributed by atoms with Gasteiger partial charge in [0.2, 0.25) is 0 Å². The van der Waals surface area contributed by atoms with Gasteiger partial charge in [0.1, 0.15) is 24.0 Å². The van der Waals surface area contributed by atoms with Crippen molar-refractivity contribution in [3.63, 3.8) is 0 Å². The third kappa shape index (κ3) is 6.79. The van der Waals surface area contributed by atoms with Crippen LogP contribution in [0.15, 0.2) is 194 Å². The molecule has 326 valence electrons. The highest BCUT2D eigenvalue weighted by atomic mass is 16.5. The van der Waals surface area contributed by atoms with Crippen molar-refractivity contribution >= 4 is 76.5 Å². The molecular formula is C62H52N4O. The number of fused-ring (bicyclic) bond motifs is 10. The lowest BCUT2D eigenvalue weighted by Crippen LogP contribution is -2.15. The Bertz CT molecular complexity index is 3860. The van der Waals surface area contributed by atoms with Gasteiger partial charge in [-0.05, 0) is 97.6 Å². The van der Waals surface area contributed by atoms with Crippen LogP contribution in [-0.4, -0.2) is 14.1 Å². The molecule has 0 unspecified atom stereocenters. The number of ether oxygens (including phenoxy) is 1. The van der Waals surface area contributed by atoms with Crippen molar-refractivity contribution in [1.29, 1.82) is 0 Å². The summed E-state index contributed by atoms with van der Waals surface area (Å²) in [6.07, 6.45) is 1.93. The third-order valence-electron chi connectivity index (χ3n) is 13.8. The monoisotopic (exact) mass is 868 g/mol. The average molecular weight is 869 g/mol. The second kappa shape index (κ2) is 15.4. The molecule has 0 N–H and O–H groups in total. The summed E-state index contributed by atoms with van der Waals surface area (Å²) in [6, 6.07) is 68.5. The van der Waals surface area contributed by atoms with Crippen LogP contribution in [0.1, 0.15) is 52.7 Å². The van der Waals surface area contributed by atoms with Gasteiger partial charge in [0, 0.05) is 51.1 Å². The molecule has 0 aliphatic carbocycles. The van der Waals surface area contributed by atoms with Gasteiger partial charge in [-0.2, -0.15) is 0 Å². The number of nitrogens with zero attached hydrogens (tertiary/aromatic N) is 4. The molecule has 4 heterocycles. The number of benzene rings is 8. The van der Waals surface area contributed by atoms with Crippen LogP contribution >= 0.6 is 0 Å². The maximum Gasteiger partial charge on any atom is 0.137 e. The van der Waals surface area contributed by atoms with Crippen molar-refractivity contribution in [2.45, 2.75) is 59.0 Å². The second-order valence-electron chi connectivity index (χ2n) is 20.1. The molecular weight excluding hydrogens is 817 g/mol. The van der Waals surface area contributed by atoms with E-state index in [1.54, 1.807) is 0 Å². The number of para-hydroxylation sites is 3. The van der Waals surface area contributed by atoms with E-state index in [0.29, 0.717) is 6.67 Å². The molecule has 1 aliphatic heterocycles. The van der Waals surface area contributed by atoms with Crippen molar-refractivity contribution in [2.24, 2.45) is 0 Å². The number of anilines is 2. The molecule has 0 atom stereocenters. The molecule has 0 saturated heterocycles. The molecule has 5 nitrogen and oxygen atoms in total. The van der Waals surface area contributed by atoms with E-state index in [0.717, 1.165) is 45.1 Å². The van der Waals surface area contributed by atoms with E-state index >= 15 is 0 Å². The van der Waals surface area contributed by atoms with E-state index in [1.165, 1.54) is 71.0 Å². The summed E-state index contributed by atoms with van der Waals surface area (Å²) in [5.41, 5.74) is 11.7. The van der Waals surface area contributed by atoms with Crippen LogP contribution in [0.25, 0.3) is 82.1 Å². The van der Waals surface area contributed by atoms with Crippen molar-refractivity contribution in [2.75, 3.05) is 4.90 Å². The van der Waals surface area contributed by atoms with Gasteiger partial charge < -0.3 is 14.2 Å².